The van der Waals surface area contributed by atoms with Crippen LogP contribution in [0.1, 0.15) is 34.2 Å². The quantitative estimate of drug-likeness (QED) is 0.801. The van der Waals surface area contributed by atoms with Crippen molar-refractivity contribution < 1.29 is 23.5 Å². The van der Waals surface area contributed by atoms with E-state index in [1.54, 1.807) is 17.5 Å². The molecule has 1 amide bonds. The number of hydrogen-bond donors (Lipinski definition) is 1. The molecule has 2 heterocycles. The van der Waals surface area contributed by atoms with Crippen molar-refractivity contribution in [2.24, 2.45) is 0 Å². The van der Waals surface area contributed by atoms with Crippen LogP contribution in [0.4, 0.5) is 4.39 Å². The normalized spacial score (nSPS) is 17.9. The molecule has 2 atom stereocenters. The molecule has 5 nitrogen and oxygen atoms in total. The molecular formula is C18H18FNO4S. The van der Waals surface area contributed by atoms with E-state index in [4.69, 9.17) is 9.47 Å². The Morgan fingerprint density at radius 1 is 1.32 bits per heavy atom. The minimum Gasteiger partial charge on any atom is -0.443 e. The topological polar surface area (TPSA) is 64.6 Å². The fourth-order valence-corrected chi connectivity index (χ4v) is 3.19. The van der Waals surface area contributed by atoms with Gasteiger partial charge in [-0.15, -0.1) is 11.3 Å². The Labute approximate surface area is 148 Å². The van der Waals surface area contributed by atoms with Crippen molar-refractivity contribution >= 4 is 23.2 Å². The van der Waals surface area contributed by atoms with Gasteiger partial charge in [-0.2, -0.15) is 0 Å². The SMILES string of the molecule is O=C(O[C@@H](C(=O)NC[C@@H]1CCCO1)c1ccc(F)cc1)c1cccs1. The summed E-state index contributed by atoms with van der Waals surface area (Å²) in [7, 11) is 0. The standard InChI is InChI=1S/C18H18FNO4S/c19-13-7-5-12(6-8-13)16(24-18(22)15-4-2-10-25-15)17(21)20-11-14-3-1-9-23-14/h2,4-8,10,14,16H,1,3,9,11H2,(H,20,21)/t14-,16+/m0/s1. The lowest BCUT2D eigenvalue weighted by atomic mass is 10.1. The summed E-state index contributed by atoms with van der Waals surface area (Å²) in [6, 6.07) is 8.69. The zero-order valence-electron chi connectivity index (χ0n) is 13.4. The molecule has 1 fully saturated rings. The summed E-state index contributed by atoms with van der Waals surface area (Å²) in [5.41, 5.74) is 0.413. The summed E-state index contributed by atoms with van der Waals surface area (Å²) in [6.07, 6.45) is 0.689. The fraction of sp³-hybridized carbons (Fsp3) is 0.333. The third kappa shape index (κ3) is 4.64. The van der Waals surface area contributed by atoms with Gasteiger partial charge in [-0.1, -0.05) is 18.2 Å². The summed E-state index contributed by atoms with van der Waals surface area (Å²) >= 11 is 1.23. The second kappa shape index (κ2) is 8.22. The predicted molar refractivity (Wildman–Crippen MR) is 90.9 cm³/mol. The zero-order chi connectivity index (χ0) is 17.6. The summed E-state index contributed by atoms with van der Waals surface area (Å²) in [5, 5.41) is 4.51. The molecule has 25 heavy (non-hydrogen) atoms. The maximum absolute atomic E-state index is 13.2. The number of nitrogens with one attached hydrogen (secondary N) is 1. The summed E-state index contributed by atoms with van der Waals surface area (Å²) < 4.78 is 24.0. The van der Waals surface area contributed by atoms with E-state index in [0.717, 1.165) is 12.8 Å². The molecule has 1 N–H and O–H groups in total. The second-order valence-corrected chi connectivity index (χ2v) is 6.64. The van der Waals surface area contributed by atoms with E-state index < -0.39 is 23.8 Å². The number of thiophene rings is 1. The van der Waals surface area contributed by atoms with Gasteiger partial charge in [-0.3, -0.25) is 4.79 Å². The molecule has 1 aromatic heterocycles. The number of carbonyl (C=O) groups is 2. The molecule has 1 aliphatic rings. The van der Waals surface area contributed by atoms with Gasteiger partial charge >= 0.3 is 5.97 Å². The molecule has 0 unspecified atom stereocenters. The molecule has 3 rings (SSSR count). The first-order valence-electron chi connectivity index (χ1n) is 8.03. The van der Waals surface area contributed by atoms with Gasteiger partial charge in [-0.25, -0.2) is 9.18 Å². The van der Waals surface area contributed by atoms with Gasteiger partial charge in [-0.05, 0) is 36.4 Å². The Balaban J connectivity index is 1.72. The summed E-state index contributed by atoms with van der Waals surface area (Å²) in [4.78, 5) is 25.2. The highest BCUT2D eigenvalue weighted by molar-refractivity contribution is 7.11. The molecule has 0 spiro atoms. The van der Waals surface area contributed by atoms with Gasteiger partial charge < -0.3 is 14.8 Å². The van der Waals surface area contributed by atoms with E-state index >= 15 is 0 Å². The molecule has 1 aliphatic heterocycles. The number of halogens is 1. The smallest absolute Gasteiger partial charge is 0.349 e. The number of benzene rings is 1. The van der Waals surface area contributed by atoms with Gasteiger partial charge in [0.15, 0.2) is 0 Å². The van der Waals surface area contributed by atoms with E-state index in [1.807, 2.05) is 0 Å². The number of ether oxygens (including phenoxy) is 2. The van der Waals surface area contributed by atoms with Gasteiger partial charge in [0.2, 0.25) is 6.10 Å². The Morgan fingerprint density at radius 2 is 2.12 bits per heavy atom. The summed E-state index contributed by atoms with van der Waals surface area (Å²) in [6.45, 7) is 1.04. The van der Waals surface area contributed by atoms with Gasteiger partial charge in [0, 0.05) is 18.7 Å². The lowest BCUT2D eigenvalue weighted by molar-refractivity contribution is -0.130. The van der Waals surface area contributed by atoms with Crippen LogP contribution in [0.3, 0.4) is 0 Å². The van der Waals surface area contributed by atoms with E-state index in [9.17, 15) is 14.0 Å². The van der Waals surface area contributed by atoms with Crippen molar-refractivity contribution in [2.45, 2.75) is 25.0 Å². The van der Waals surface area contributed by atoms with Crippen LogP contribution in [-0.2, 0) is 14.3 Å². The van der Waals surface area contributed by atoms with Gasteiger partial charge in [0.05, 0.1) is 6.10 Å². The molecule has 1 aromatic carbocycles. The molecule has 0 bridgehead atoms. The molecule has 0 radical (unpaired) electrons. The maximum Gasteiger partial charge on any atom is 0.349 e. The minimum absolute atomic E-state index is 0.0224. The molecule has 0 saturated carbocycles. The van der Waals surface area contributed by atoms with Gasteiger partial charge in [0.25, 0.3) is 5.91 Å². The van der Waals surface area contributed by atoms with E-state index in [2.05, 4.69) is 5.32 Å². The number of rotatable bonds is 6. The van der Waals surface area contributed by atoms with Crippen molar-refractivity contribution in [1.29, 1.82) is 0 Å². The van der Waals surface area contributed by atoms with Crippen LogP contribution in [0, 0.1) is 5.82 Å². The Morgan fingerprint density at radius 3 is 2.76 bits per heavy atom. The number of amides is 1. The molecular weight excluding hydrogens is 345 g/mol. The van der Waals surface area contributed by atoms with Crippen LogP contribution in [0.15, 0.2) is 41.8 Å². The fourth-order valence-electron chi connectivity index (χ4n) is 2.58. The van der Waals surface area contributed by atoms with E-state index in [0.29, 0.717) is 23.6 Å². The van der Waals surface area contributed by atoms with Crippen LogP contribution < -0.4 is 5.32 Å². The minimum atomic E-state index is -1.14. The predicted octanol–water partition coefficient (Wildman–Crippen LogP) is 3.08. The lowest BCUT2D eigenvalue weighted by Gasteiger charge is -2.19. The third-order valence-electron chi connectivity index (χ3n) is 3.89. The molecule has 0 aliphatic carbocycles. The zero-order valence-corrected chi connectivity index (χ0v) is 14.3. The highest BCUT2D eigenvalue weighted by Crippen LogP contribution is 2.22. The van der Waals surface area contributed by atoms with Crippen molar-refractivity contribution in [2.75, 3.05) is 13.2 Å². The number of esters is 1. The first-order valence-corrected chi connectivity index (χ1v) is 8.91. The van der Waals surface area contributed by atoms with Crippen LogP contribution in [0.2, 0.25) is 0 Å². The summed E-state index contributed by atoms with van der Waals surface area (Å²) in [5.74, 6) is -1.46. The average molecular weight is 363 g/mol. The van der Waals surface area contributed by atoms with Crippen molar-refractivity contribution in [1.82, 2.24) is 5.32 Å². The van der Waals surface area contributed by atoms with Crippen molar-refractivity contribution in [3.8, 4) is 0 Å². The first kappa shape index (κ1) is 17.6. The highest BCUT2D eigenvalue weighted by Gasteiger charge is 2.27. The molecule has 7 heteroatoms. The van der Waals surface area contributed by atoms with Crippen LogP contribution >= 0.6 is 11.3 Å². The number of hydrogen-bond acceptors (Lipinski definition) is 5. The molecule has 1 saturated heterocycles. The number of carbonyl (C=O) groups excluding carboxylic acids is 2. The Bertz CT molecular complexity index is 711. The van der Waals surface area contributed by atoms with E-state index in [1.165, 1.54) is 35.6 Å². The van der Waals surface area contributed by atoms with Crippen LogP contribution in [-0.4, -0.2) is 31.1 Å². The van der Waals surface area contributed by atoms with Crippen LogP contribution in [0.5, 0.6) is 0 Å². The second-order valence-electron chi connectivity index (χ2n) is 5.69. The van der Waals surface area contributed by atoms with E-state index in [-0.39, 0.29) is 6.10 Å². The molecule has 2 aromatic rings. The monoisotopic (exact) mass is 363 g/mol. The van der Waals surface area contributed by atoms with Crippen molar-refractivity contribution in [3.05, 3.63) is 58.0 Å². The highest BCUT2D eigenvalue weighted by atomic mass is 32.1. The average Bonchev–Trinajstić information content (AvgIpc) is 3.31. The molecule has 132 valence electrons. The van der Waals surface area contributed by atoms with Gasteiger partial charge in [0.1, 0.15) is 10.7 Å². The Kier molecular flexibility index (Phi) is 5.78. The third-order valence-corrected chi connectivity index (χ3v) is 4.74. The van der Waals surface area contributed by atoms with Crippen molar-refractivity contribution in [3.63, 3.8) is 0 Å². The largest absolute Gasteiger partial charge is 0.443 e. The maximum atomic E-state index is 13.2. The Hall–Kier alpha value is -2.25. The lowest BCUT2D eigenvalue weighted by Crippen LogP contribution is -2.36. The first-order chi connectivity index (χ1) is 12.1. The van der Waals surface area contributed by atoms with Crippen LogP contribution in [0.25, 0.3) is 0 Å².